The molecule has 0 bridgehead atoms. The SMILES string of the molecule is CCCCCC/C=C\C=C/CCCCCCCC(=O)O[C@H](COC(=O)CCCCCCCCCCCCCCCCCCCCC(C)CC)COP(=O)(O)OC[C@@H](O)COP(=O)(O)OC[C@@H](COC(=O)CCCCCCCCC(C)CC)OC(=O)CCCCCCCCCCCC(C)C. The van der Waals surface area contributed by atoms with E-state index >= 15 is 0 Å². The number of ether oxygens (including phenoxy) is 4. The standard InChI is InChI=1S/C80H152O17P2/c1-8-11-12-13-14-15-16-17-22-27-30-35-40-49-56-63-79(84)96-75(67-90-77(82)61-54-47-39-34-29-26-24-21-19-18-20-23-25-28-33-38-45-52-59-72(6)9-2)69-94-98(86,87)92-65-74(81)66-93-99(88,89)95-70-76(68-91-78(83)62-55-48-43-42-46-53-60-73(7)10-3)97-80(85)64-57-50-41-36-31-32-37-44-51-58-71(4)5/h15-17,22,71-76,81H,8-14,18-21,23-70H2,1-7H3,(H,86,87)(H,88,89)/b16-15-,22-17-/t72?,73?,74-,75-,76-/m1/s1. The van der Waals surface area contributed by atoms with Crippen LogP contribution in [0.3, 0.4) is 0 Å². The van der Waals surface area contributed by atoms with Crippen molar-refractivity contribution in [1.82, 2.24) is 0 Å². The fraction of sp³-hybridized carbons (Fsp3) is 0.900. The van der Waals surface area contributed by atoms with Gasteiger partial charge in [-0.05, 0) is 69.1 Å². The molecule has 3 N–H and O–H groups in total. The van der Waals surface area contributed by atoms with Gasteiger partial charge in [0.25, 0.3) is 0 Å². The molecule has 584 valence electrons. The molecule has 17 nitrogen and oxygen atoms in total. The smallest absolute Gasteiger partial charge is 0.462 e. The molecule has 0 aliphatic rings. The van der Waals surface area contributed by atoms with E-state index in [0.29, 0.717) is 25.7 Å². The summed E-state index contributed by atoms with van der Waals surface area (Å²) in [6.07, 6.45) is 60.6. The third-order valence-electron chi connectivity index (χ3n) is 18.7. The van der Waals surface area contributed by atoms with E-state index in [1.165, 1.54) is 180 Å². The van der Waals surface area contributed by atoms with Crippen LogP contribution >= 0.6 is 15.6 Å². The summed E-state index contributed by atoms with van der Waals surface area (Å²) in [6.45, 7) is 11.9. The van der Waals surface area contributed by atoms with E-state index in [0.717, 1.165) is 127 Å². The van der Waals surface area contributed by atoms with Gasteiger partial charge < -0.3 is 33.8 Å². The summed E-state index contributed by atoms with van der Waals surface area (Å²) in [5.74, 6) is 0.190. The van der Waals surface area contributed by atoms with Crippen LogP contribution in [-0.4, -0.2) is 96.7 Å². The van der Waals surface area contributed by atoms with Gasteiger partial charge in [-0.25, -0.2) is 9.13 Å². The number of rotatable bonds is 76. The van der Waals surface area contributed by atoms with Crippen molar-refractivity contribution in [2.24, 2.45) is 17.8 Å². The van der Waals surface area contributed by atoms with E-state index < -0.39 is 97.5 Å². The third-order valence-corrected chi connectivity index (χ3v) is 20.6. The molecule has 0 aliphatic heterocycles. The molecule has 0 aromatic heterocycles. The lowest BCUT2D eigenvalue weighted by Gasteiger charge is -2.21. The monoisotopic (exact) mass is 1450 g/mol. The van der Waals surface area contributed by atoms with E-state index in [4.69, 9.17) is 37.0 Å². The van der Waals surface area contributed by atoms with Gasteiger partial charge in [-0.1, -0.05) is 336 Å². The minimum atomic E-state index is -4.97. The average molecular weight is 1450 g/mol. The van der Waals surface area contributed by atoms with Gasteiger partial charge in [0.2, 0.25) is 0 Å². The minimum Gasteiger partial charge on any atom is -0.462 e. The van der Waals surface area contributed by atoms with Crippen molar-refractivity contribution in [2.75, 3.05) is 39.6 Å². The summed E-state index contributed by atoms with van der Waals surface area (Å²) >= 11 is 0. The maximum absolute atomic E-state index is 13.1. The molecule has 19 heteroatoms. The highest BCUT2D eigenvalue weighted by molar-refractivity contribution is 7.47. The van der Waals surface area contributed by atoms with E-state index in [1.54, 1.807) is 0 Å². The number of unbranched alkanes of at least 4 members (excludes halogenated alkanes) is 39. The lowest BCUT2D eigenvalue weighted by molar-refractivity contribution is -0.161. The zero-order valence-corrected chi connectivity index (χ0v) is 66.2. The Bertz CT molecular complexity index is 2020. The second kappa shape index (κ2) is 69.9. The second-order valence-electron chi connectivity index (χ2n) is 29.1. The molecule has 0 spiro atoms. The van der Waals surface area contributed by atoms with Crippen LogP contribution in [0.25, 0.3) is 0 Å². The van der Waals surface area contributed by atoms with Gasteiger partial charge in [-0.2, -0.15) is 0 Å². The Hall–Kier alpha value is -2.46. The molecule has 0 radical (unpaired) electrons. The fourth-order valence-electron chi connectivity index (χ4n) is 11.7. The fourth-order valence-corrected chi connectivity index (χ4v) is 13.3. The molecule has 7 atom stereocenters. The third kappa shape index (κ3) is 71.0. The predicted molar refractivity (Wildman–Crippen MR) is 404 cm³/mol. The van der Waals surface area contributed by atoms with E-state index in [1.807, 2.05) is 0 Å². The summed E-state index contributed by atoms with van der Waals surface area (Å²) in [6, 6.07) is 0. The molecule has 4 unspecified atom stereocenters. The summed E-state index contributed by atoms with van der Waals surface area (Å²) in [5, 5.41) is 10.6. The summed E-state index contributed by atoms with van der Waals surface area (Å²) in [7, 11) is -9.93. The van der Waals surface area contributed by atoms with Gasteiger partial charge in [0.15, 0.2) is 12.2 Å². The number of carbonyl (C=O) groups excluding carboxylic acids is 4. The van der Waals surface area contributed by atoms with Crippen molar-refractivity contribution < 1.29 is 80.2 Å². The normalized spacial score (nSPS) is 14.7. The van der Waals surface area contributed by atoms with Gasteiger partial charge >= 0.3 is 39.5 Å². The van der Waals surface area contributed by atoms with Gasteiger partial charge in [0.1, 0.15) is 19.3 Å². The molecular weight excluding hydrogens is 1290 g/mol. The molecule has 0 rings (SSSR count). The molecule has 0 saturated carbocycles. The van der Waals surface area contributed by atoms with Crippen LogP contribution in [0.5, 0.6) is 0 Å². The average Bonchev–Trinajstić information content (AvgIpc) is 1.06. The van der Waals surface area contributed by atoms with Crippen molar-refractivity contribution >= 4 is 39.5 Å². The molecule has 0 saturated heterocycles. The predicted octanol–water partition coefficient (Wildman–Crippen LogP) is 23.3. The van der Waals surface area contributed by atoms with E-state index in [9.17, 15) is 43.2 Å². The Balaban J connectivity index is 5.23. The molecule has 0 aromatic rings. The number of phosphoric acid groups is 2. The number of aliphatic hydroxyl groups is 1. The van der Waals surface area contributed by atoms with Crippen molar-refractivity contribution in [2.45, 2.75) is 407 Å². The molecule has 0 aliphatic carbocycles. The number of carbonyl (C=O) groups is 4. The maximum atomic E-state index is 13.1. The lowest BCUT2D eigenvalue weighted by Crippen LogP contribution is -2.30. The van der Waals surface area contributed by atoms with Crippen molar-refractivity contribution in [1.29, 1.82) is 0 Å². The Morgan fingerprint density at radius 3 is 0.899 bits per heavy atom. The minimum absolute atomic E-state index is 0.0851. The van der Waals surface area contributed by atoms with Gasteiger partial charge in [-0.3, -0.25) is 37.3 Å². The molecule has 0 heterocycles. The Morgan fingerprint density at radius 2 is 0.596 bits per heavy atom. The van der Waals surface area contributed by atoms with Crippen LogP contribution in [-0.2, 0) is 65.4 Å². The molecule has 99 heavy (non-hydrogen) atoms. The van der Waals surface area contributed by atoms with Crippen LogP contribution in [0, 0.1) is 17.8 Å². The first-order valence-corrected chi connectivity index (χ1v) is 43.7. The number of allylic oxidation sites excluding steroid dienone is 4. The van der Waals surface area contributed by atoms with Gasteiger partial charge in [0, 0.05) is 25.7 Å². The first-order chi connectivity index (χ1) is 47.8. The van der Waals surface area contributed by atoms with Crippen molar-refractivity contribution in [3.8, 4) is 0 Å². The highest BCUT2D eigenvalue weighted by atomic mass is 31.2. The summed E-state index contributed by atoms with van der Waals surface area (Å²) < 4.78 is 68.6. The van der Waals surface area contributed by atoms with Crippen molar-refractivity contribution in [3.05, 3.63) is 24.3 Å². The van der Waals surface area contributed by atoms with Crippen LogP contribution in [0.1, 0.15) is 389 Å². The van der Waals surface area contributed by atoms with Crippen LogP contribution in [0.15, 0.2) is 24.3 Å². The molecule has 0 aromatic carbocycles. The first kappa shape index (κ1) is 96.5. The summed E-state index contributed by atoms with van der Waals surface area (Å²) in [5.41, 5.74) is 0. The highest BCUT2D eigenvalue weighted by Crippen LogP contribution is 2.45. The van der Waals surface area contributed by atoms with Crippen LogP contribution in [0.2, 0.25) is 0 Å². The highest BCUT2D eigenvalue weighted by Gasteiger charge is 2.30. The zero-order valence-electron chi connectivity index (χ0n) is 64.4. The zero-order chi connectivity index (χ0) is 73.0. The van der Waals surface area contributed by atoms with E-state index in [2.05, 4.69) is 72.8 Å². The maximum Gasteiger partial charge on any atom is 0.472 e. The number of phosphoric ester groups is 2. The summed E-state index contributed by atoms with van der Waals surface area (Å²) in [4.78, 5) is 72.9. The topological polar surface area (TPSA) is 237 Å². The van der Waals surface area contributed by atoms with Crippen LogP contribution < -0.4 is 0 Å². The molecule has 0 fully saturated rings. The molecular formula is C80H152O17P2. The number of hydrogen-bond donors (Lipinski definition) is 3. The Labute approximate surface area is 605 Å². The van der Waals surface area contributed by atoms with E-state index in [-0.39, 0.29) is 25.7 Å². The Morgan fingerprint density at radius 1 is 0.333 bits per heavy atom. The van der Waals surface area contributed by atoms with Crippen LogP contribution in [0.4, 0.5) is 0 Å². The number of aliphatic hydroxyl groups excluding tert-OH is 1. The van der Waals surface area contributed by atoms with Gasteiger partial charge in [0.05, 0.1) is 26.4 Å². The lowest BCUT2D eigenvalue weighted by atomic mass is 9.99. The Kier molecular flexibility index (Phi) is 68.1. The number of hydrogen-bond acceptors (Lipinski definition) is 15. The van der Waals surface area contributed by atoms with Gasteiger partial charge in [-0.15, -0.1) is 0 Å². The second-order valence-corrected chi connectivity index (χ2v) is 32.0. The number of esters is 4. The quantitative estimate of drug-likeness (QED) is 0.0169. The molecule has 0 amide bonds. The first-order valence-electron chi connectivity index (χ1n) is 40.7. The largest absolute Gasteiger partial charge is 0.472 e. The van der Waals surface area contributed by atoms with Crippen molar-refractivity contribution in [3.63, 3.8) is 0 Å².